The average Bonchev–Trinajstić information content (AvgIpc) is 2.72. The smallest absolute Gasteiger partial charge is 0.312 e. The molecule has 1 aromatic heterocycles. The molecule has 2 unspecified atom stereocenters. The fraction of sp³-hybridized carbons (Fsp3) is 0.643. The van der Waals surface area contributed by atoms with Crippen LogP contribution in [0.15, 0.2) is 12.2 Å². The van der Waals surface area contributed by atoms with Crippen molar-refractivity contribution in [3.63, 3.8) is 0 Å². The molecule has 2 atom stereocenters. The van der Waals surface area contributed by atoms with E-state index in [0.717, 1.165) is 19.3 Å². The van der Waals surface area contributed by atoms with E-state index in [1.54, 1.807) is 13.8 Å². The highest BCUT2D eigenvalue weighted by molar-refractivity contribution is 5.39. The Morgan fingerprint density at radius 3 is 2.90 bits per heavy atom. The number of rotatable bonds is 6. The van der Waals surface area contributed by atoms with Crippen LogP contribution < -0.4 is 5.32 Å². The summed E-state index contributed by atoms with van der Waals surface area (Å²) in [5.41, 5.74) is 0.903. The lowest BCUT2D eigenvalue weighted by Crippen LogP contribution is -2.38. The average molecular weight is 294 g/mol. The van der Waals surface area contributed by atoms with Crippen LogP contribution in [0.2, 0.25) is 0 Å². The zero-order chi connectivity index (χ0) is 15.4. The van der Waals surface area contributed by atoms with Crippen molar-refractivity contribution in [1.29, 1.82) is 0 Å². The van der Waals surface area contributed by atoms with Crippen LogP contribution in [0.4, 0.5) is 5.69 Å². The first kappa shape index (κ1) is 15.7. The topological polar surface area (TPSA) is 93.2 Å². The monoisotopic (exact) mass is 294 g/mol. The lowest BCUT2D eigenvalue weighted by atomic mass is 10.0. The van der Waals surface area contributed by atoms with E-state index in [1.165, 1.54) is 4.68 Å². The number of aliphatic hydroxyl groups is 1. The number of aliphatic hydroxyl groups excluding tert-OH is 1. The molecule has 1 aromatic rings. The molecule has 0 aromatic carbocycles. The third-order valence-electron chi connectivity index (χ3n) is 3.82. The third kappa shape index (κ3) is 3.89. The van der Waals surface area contributed by atoms with Gasteiger partial charge in [0, 0.05) is 12.6 Å². The van der Waals surface area contributed by atoms with Crippen LogP contribution in [0.25, 0.3) is 0 Å². The maximum absolute atomic E-state index is 10.9. The van der Waals surface area contributed by atoms with Crippen molar-refractivity contribution < 1.29 is 10.0 Å². The van der Waals surface area contributed by atoms with Gasteiger partial charge in [0.25, 0.3) is 0 Å². The second-order valence-electron chi connectivity index (χ2n) is 5.50. The number of nitro groups is 1. The van der Waals surface area contributed by atoms with Gasteiger partial charge in [0.15, 0.2) is 0 Å². The van der Waals surface area contributed by atoms with Crippen molar-refractivity contribution in [1.82, 2.24) is 15.1 Å². The molecule has 1 heterocycles. The summed E-state index contributed by atoms with van der Waals surface area (Å²) in [6, 6.07) is 0.402. The summed E-state index contributed by atoms with van der Waals surface area (Å²) in [4.78, 5) is 10.5. The van der Waals surface area contributed by atoms with Crippen LogP contribution in [0.1, 0.15) is 30.7 Å². The van der Waals surface area contributed by atoms with Gasteiger partial charge in [0.05, 0.1) is 17.6 Å². The number of aromatic nitrogens is 2. The van der Waals surface area contributed by atoms with Crippen LogP contribution >= 0.6 is 0 Å². The Morgan fingerprint density at radius 1 is 1.57 bits per heavy atom. The zero-order valence-electron chi connectivity index (χ0n) is 12.5. The quantitative estimate of drug-likeness (QED) is 0.471. The minimum absolute atomic E-state index is 0.0348. The maximum atomic E-state index is 10.9. The van der Waals surface area contributed by atoms with Crippen molar-refractivity contribution in [2.75, 3.05) is 6.54 Å². The minimum atomic E-state index is -0.617. The largest absolute Gasteiger partial charge is 0.390 e. The number of allylic oxidation sites excluding steroid dienone is 1. The van der Waals surface area contributed by atoms with E-state index in [2.05, 4.69) is 22.6 Å². The van der Waals surface area contributed by atoms with Gasteiger partial charge in [0.2, 0.25) is 0 Å². The molecule has 0 aliphatic heterocycles. The lowest BCUT2D eigenvalue weighted by molar-refractivity contribution is -0.386. The predicted molar refractivity (Wildman–Crippen MR) is 79.1 cm³/mol. The second-order valence-corrected chi connectivity index (χ2v) is 5.50. The Hall–Kier alpha value is -1.73. The summed E-state index contributed by atoms with van der Waals surface area (Å²) in [5.74, 6) is 0. The Labute approximate surface area is 123 Å². The highest BCUT2D eigenvalue weighted by Gasteiger charge is 2.23. The number of hydrogen-bond donors (Lipinski definition) is 2. The zero-order valence-corrected chi connectivity index (χ0v) is 12.5. The summed E-state index contributed by atoms with van der Waals surface area (Å²) in [7, 11) is 0. The fourth-order valence-electron chi connectivity index (χ4n) is 2.68. The molecule has 0 spiro atoms. The second kappa shape index (κ2) is 6.82. The van der Waals surface area contributed by atoms with E-state index in [9.17, 15) is 15.2 Å². The van der Waals surface area contributed by atoms with E-state index in [1.807, 2.05) is 0 Å². The Balaban J connectivity index is 1.90. The lowest BCUT2D eigenvalue weighted by Gasteiger charge is -2.21. The molecule has 0 fully saturated rings. The fourth-order valence-corrected chi connectivity index (χ4v) is 2.68. The van der Waals surface area contributed by atoms with Gasteiger partial charge in [-0.1, -0.05) is 12.2 Å². The number of nitrogens with one attached hydrogen (secondary N) is 1. The summed E-state index contributed by atoms with van der Waals surface area (Å²) < 4.78 is 1.51. The maximum Gasteiger partial charge on any atom is 0.312 e. The van der Waals surface area contributed by atoms with E-state index < -0.39 is 11.0 Å². The van der Waals surface area contributed by atoms with Crippen molar-refractivity contribution >= 4 is 5.69 Å². The minimum Gasteiger partial charge on any atom is -0.390 e. The standard InChI is InChI=1S/C14H22N4O3/c1-10-14(18(20)21)11(2)17(16-10)9-13(19)8-15-12-6-4-3-5-7-12/h3-4,12-13,15,19H,5-9H2,1-2H3. The van der Waals surface area contributed by atoms with Crippen molar-refractivity contribution in [2.45, 2.75) is 51.8 Å². The van der Waals surface area contributed by atoms with Crippen molar-refractivity contribution in [3.8, 4) is 0 Å². The van der Waals surface area contributed by atoms with Gasteiger partial charge in [-0.25, -0.2) is 0 Å². The van der Waals surface area contributed by atoms with Crippen LogP contribution in [0, 0.1) is 24.0 Å². The van der Waals surface area contributed by atoms with Gasteiger partial charge >= 0.3 is 5.69 Å². The Morgan fingerprint density at radius 2 is 2.33 bits per heavy atom. The van der Waals surface area contributed by atoms with Crippen LogP contribution in [-0.4, -0.2) is 38.5 Å². The molecule has 1 aliphatic carbocycles. The Bertz CT molecular complexity index is 539. The van der Waals surface area contributed by atoms with Gasteiger partial charge in [-0.3, -0.25) is 14.8 Å². The van der Waals surface area contributed by atoms with E-state index in [4.69, 9.17) is 0 Å². The summed E-state index contributed by atoms with van der Waals surface area (Å²) in [5, 5.41) is 28.5. The van der Waals surface area contributed by atoms with Gasteiger partial charge in [-0.05, 0) is 33.1 Å². The molecule has 21 heavy (non-hydrogen) atoms. The van der Waals surface area contributed by atoms with Crippen molar-refractivity contribution in [2.24, 2.45) is 0 Å². The molecular formula is C14H22N4O3. The van der Waals surface area contributed by atoms with Crippen LogP contribution in [0.5, 0.6) is 0 Å². The molecule has 0 saturated heterocycles. The van der Waals surface area contributed by atoms with Gasteiger partial charge in [-0.15, -0.1) is 0 Å². The normalized spacial score (nSPS) is 19.7. The summed E-state index contributed by atoms with van der Waals surface area (Å²) in [6.45, 7) is 3.99. The summed E-state index contributed by atoms with van der Waals surface area (Å²) >= 11 is 0. The first-order chi connectivity index (χ1) is 9.99. The predicted octanol–water partition coefficient (Wildman–Crippen LogP) is 1.47. The van der Waals surface area contributed by atoms with Gasteiger partial charge < -0.3 is 10.4 Å². The molecule has 2 N–H and O–H groups in total. The molecular weight excluding hydrogens is 272 g/mol. The molecule has 1 aliphatic rings. The Kier molecular flexibility index (Phi) is 5.08. The van der Waals surface area contributed by atoms with Gasteiger partial charge in [-0.2, -0.15) is 5.10 Å². The highest BCUT2D eigenvalue weighted by atomic mass is 16.6. The molecule has 0 saturated carbocycles. The van der Waals surface area contributed by atoms with Gasteiger partial charge in [0.1, 0.15) is 11.4 Å². The molecule has 2 rings (SSSR count). The molecule has 0 amide bonds. The highest BCUT2D eigenvalue weighted by Crippen LogP contribution is 2.21. The SMILES string of the molecule is Cc1nn(CC(O)CNC2CC=CCC2)c(C)c1[N+](=O)[O-]. The van der Waals surface area contributed by atoms with E-state index in [-0.39, 0.29) is 12.2 Å². The number of nitrogens with zero attached hydrogens (tertiary/aromatic N) is 3. The number of hydrogen-bond acceptors (Lipinski definition) is 5. The van der Waals surface area contributed by atoms with Crippen LogP contribution in [0.3, 0.4) is 0 Å². The van der Waals surface area contributed by atoms with Crippen LogP contribution in [-0.2, 0) is 6.54 Å². The third-order valence-corrected chi connectivity index (χ3v) is 3.82. The number of aryl methyl sites for hydroxylation is 1. The first-order valence-electron chi connectivity index (χ1n) is 7.24. The molecule has 7 heteroatoms. The first-order valence-corrected chi connectivity index (χ1v) is 7.24. The molecule has 116 valence electrons. The van der Waals surface area contributed by atoms with E-state index in [0.29, 0.717) is 24.0 Å². The van der Waals surface area contributed by atoms with Crippen molar-refractivity contribution in [3.05, 3.63) is 33.7 Å². The summed E-state index contributed by atoms with van der Waals surface area (Å²) in [6.07, 6.45) is 6.83. The van der Waals surface area contributed by atoms with E-state index >= 15 is 0 Å². The molecule has 7 nitrogen and oxygen atoms in total. The molecule has 0 bridgehead atoms. The molecule has 0 radical (unpaired) electrons.